The average Bonchev–Trinajstić information content (AvgIpc) is 2.71. The second-order valence-electron chi connectivity index (χ2n) is 8.97. The average molecular weight is 421 g/mol. The molecule has 0 fully saturated rings. The largest absolute Gasteiger partial charge is 0.493 e. The van der Waals surface area contributed by atoms with Crippen LogP contribution in [0.1, 0.15) is 71.1 Å². The minimum Gasteiger partial charge on any atom is -0.493 e. The van der Waals surface area contributed by atoms with E-state index in [1.165, 1.54) is 17.2 Å². The van der Waals surface area contributed by atoms with Gasteiger partial charge in [-0.2, -0.15) is 0 Å². The van der Waals surface area contributed by atoms with Crippen LogP contribution in [0.3, 0.4) is 0 Å². The molecule has 0 atom stereocenters. The number of carbonyl (C=O) groups is 1. The first-order valence-electron chi connectivity index (χ1n) is 11.2. The number of benzene rings is 2. The predicted octanol–water partition coefficient (Wildman–Crippen LogP) is 7.44. The van der Waals surface area contributed by atoms with Gasteiger partial charge in [-0.15, -0.1) is 0 Å². The maximum absolute atomic E-state index is 11.0. The molecule has 31 heavy (non-hydrogen) atoms. The van der Waals surface area contributed by atoms with Crippen molar-refractivity contribution in [3.8, 4) is 16.9 Å². The van der Waals surface area contributed by atoms with Crippen molar-refractivity contribution >= 4 is 12.0 Å². The van der Waals surface area contributed by atoms with Crippen LogP contribution >= 0.6 is 0 Å². The van der Waals surface area contributed by atoms with Crippen LogP contribution in [0.2, 0.25) is 0 Å². The molecule has 0 spiro atoms. The Balaban J connectivity index is 2.69. The van der Waals surface area contributed by atoms with E-state index in [0.717, 1.165) is 41.7 Å². The van der Waals surface area contributed by atoms with Crippen LogP contribution < -0.4 is 4.74 Å². The molecule has 0 amide bonds. The lowest BCUT2D eigenvalue weighted by Gasteiger charge is -2.27. The molecule has 0 bridgehead atoms. The molecular formula is C28H36O3. The van der Waals surface area contributed by atoms with Crippen LogP contribution in [0.5, 0.6) is 5.75 Å². The van der Waals surface area contributed by atoms with Crippen LogP contribution in [0.25, 0.3) is 17.2 Å². The van der Waals surface area contributed by atoms with Crippen molar-refractivity contribution in [3.63, 3.8) is 0 Å². The zero-order valence-electron chi connectivity index (χ0n) is 19.8. The Morgan fingerprint density at radius 3 is 2.42 bits per heavy atom. The van der Waals surface area contributed by atoms with Gasteiger partial charge >= 0.3 is 5.97 Å². The van der Waals surface area contributed by atoms with Gasteiger partial charge in [-0.1, -0.05) is 83.5 Å². The van der Waals surface area contributed by atoms with Gasteiger partial charge in [0.2, 0.25) is 0 Å². The number of unbranched alkanes of at least 4 members (excludes halogenated alkanes) is 1. The lowest BCUT2D eigenvalue weighted by atomic mass is 9.82. The third-order valence-electron chi connectivity index (χ3n) is 5.24. The number of hydrogen-bond acceptors (Lipinski definition) is 2. The maximum Gasteiger partial charge on any atom is 0.328 e. The molecule has 2 aromatic carbocycles. The zero-order valence-corrected chi connectivity index (χ0v) is 19.8. The first-order valence-corrected chi connectivity index (χ1v) is 11.2. The summed E-state index contributed by atoms with van der Waals surface area (Å²) in [7, 11) is 0. The van der Waals surface area contributed by atoms with Crippen molar-refractivity contribution < 1.29 is 14.6 Å². The van der Waals surface area contributed by atoms with Gasteiger partial charge in [0.05, 0.1) is 6.61 Å². The summed E-state index contributed by atoms with van der Waals surface area (Å²) in [6, 6.07) is 12.7. The summed E-state index contributed by atoms with van der Waals surface area (Å²) in [4.78, 5) is 11.0. The number of allylic oxidation sites excluding steroid dienone is 2. The summed E-state index contributed by atoms with van der Waals surface area (Å²) in [5.41, 5.74) is 6.37. The number of carboxylic acid groups (broad SMARTS) is 1. The standard InChI is InChI=1S/C28H36O3/c1-7-9-16-31-27-24(18-21(8-2)19-25(27)28(4,5)6)23-13-11-10-12-22(23)15-14-20(3)17-26(29)30/h10-15,17-19H,7-9,16H2,1-6H3,(H,29,30)/b15-14+,20-17+. The van der Waals surface area contributed by atoms with E-state index in [9.17, 15) is 4.79 Å². The molecule has 3 heteroatoms. The molecular weight excluding hydrogens is 384 g/mol. The fraction of sp³-hybridized carbons (Fsp3) is 0.393. The lowest BCUT2D eigenvalue weighted by molar-refractivity contribution is -0.131. The molecule has 0 aliphatic carbocycles. The maximum atomic E-state index is 11.0. The number of hydrogen-bond donors (Lipinski definition) is 1. The van der Waals surface area contributed by atoms with Crippen molar-refractivity contribution in [2.45, 2.75) is 66.2 Å². The highest BCUT2D eigenvalue weighted by molar-refractivity contribution is 5.83. The minimum absolute atomic E-state index is 0.0485. The summed E-state index contributed by atoms with van der Waals surface area (Å²) in [6.07, 6.45) is 8.09. The third kappa shape index (κ3) is 6.85. The van der Waals surface area contributed by atoms with E-state index in [2.05, 4.69) is 58.9 Å². The van der Waals surface area contributed by atoms with E-state index in [1.54, 1.807) is 6.92 Å². The highest BCUT2D eigenvalue weighted by atomic mass is 16.5. The number of carboxylic acids is 1. The number of ether oxygens (including phenoxy) is 1. The van der Waals surface area contributed by atoms with Crippen LogP contribution in [-0.2, 0) is 16.6 Å². The van der Waals surface area contributed by atoms with Crippen molar-refractivity contribution in [3.05, 3.63) is 70.8 Å². The van der Waals surface area contributed by atoms with E-state index in [1.807, 2.05) is 24.3 Å². The smallest absolute Gasteiger partial charge is 0.328 e. The van der Waals surface area contributed by atoms with Gasteiger partial charge in [0.15, 0.2) is 0 Å². The minimum atomic E-state index is -0.937. The van der Waals surface area contributed by atoms with Gasteiger partial charge in [-0.25, -0.2) is 4.79 Å². The third-order valence-corrected chi connectivity index (χ3v) is 5.24. The van der Waals surface area contributed by atoms with Crippen molar-refractivity contribution in [1.82, 2.24) is 0 Å². The summed E-state index contributed by atoms with van der Waals surface area (Å²) in [6.45, 7) is 13.5. The summed E-state index contributed by atoms with van der Waals surface area (Å²) < 4.78 is 6.41. The fourth-order valence-corrected chi connectivity index (χ4v) is 3.48. The monoisotopic (exact) mass is 420 g/mol. The van der Waals surface area contributed by atoms with Crippen molar-refractivity contribution in [2.24, 2.45) is 0 Å². The van der Waals surface area contributed by atoms with E-state index in [0.29, 0.717) is 12.2 Å². The van der Waals surface area contributed by atoms with E-state index in [4.69, 9.17) is 9.84 Å². The lowest BCUT2D eigenvalue weighted by Crippen LogP contribution is -2.15. The van der Waals surface area contributed by atoms with Gasteiger partial charge in [0, 0.05) is 17.2 Å². The zero-order chi connectivity index (χ0) is 23.0. The molecule has 2 aromatic rings. The highest BCUT2D eigenvalue weighted by Gasteiger charge is 2.24. The van der Waals surface area contributed by atoms with E-state index >= 15 is 0 Å². The number of rotatable bonds is 9. The fourth-order valence-electron chi connectivity index (χ4n) is 3.48. The van der Waals surface area contributed by atoms with Gasteiger partial charge in [-0.05, 0) is 53.5 Å². The van der Waals surface area contributed by atoms with Crippen LogP contribution in [-0.4, -0.2) is 17.7 Å². The molecule has 3 nitrogen and oxygen atoms in total. The second kappa shape index (κ2) is 11.0. The normalized spacial score (nSPS) is 12.4. The Hall–Kier alpha value is -2.81. The molecule has 0 aliphatic rings. The number of aryl methyl sites for hydroxylation is 1. The first-order chi connectivity index (χ1) is 14.7. The van der Waals surface area contributed by atoms with Crippen LogP contribution in [0.4, 0.5) is 0 Å². The van der Waals surface area contributed by atoms with Crippen LogP contribution in [0, 0.1) is 0 Å². The molecule has 0 radical (unpaired) electrons. The van der Waals surface area contributed by atoms with Gasteiger partial charge in [0.25, 0.3) is 0 Å². The van der Waals surface area contributed by atoms with Crippen LogP contribution in [0.15, 0.2) is 54.1 Å². The molecule has 0 aromatic heterocycles. The molecule has 1 N–H and O–H groups in total. The molecule has 0 unspecified atom stereocenters. The van der Waals surface area contributed by atoms with Crippen molar-refractivity contribution in [2.75, 3.05) is 6.61 Å². The Kier molecular flexibility index (Phi) is 8.67. The van der Waals surface area contributed by atoms with Gasteiger partial charge in [-0.3, -0.25) is 0 Å². The van der Waals surface area contributed by atoms with E-state index in [-0.39, 0.29) is 5.41 Å². The SMILES string of the molecule is CCCCOc1c(-c2ccccc2/C=C/C(C)=C/C(=O)O)cc(CC)cc1C(C)(C)C. The molecule has 0 heterocycles. The molecule has 166 valence electrons. The van der Waals surface area contributed by atoms with E-state index < -0.39 is 5.97 Å². The van der Waals surface area contributed by atoms with Gasteiger partial charge in [0.1, 0.15) is 5.75 Å². The Bertz CT molecular complexity index is 959. The van der Waals surface area contributed by atoms with Crippen molar-refractivity contribution in [1.29, 1.82) is 0 Å². The van der Waals surface area contributed by atoms with Gasteiger partial charge < -0.3 is 9.84 Å². The first kappa shape index (κ1) is 24.5. The topological polar surface area (TPSA) is 46.5 Å². The highest BCUT2D eigenvalue weighted by Crippen LogP contribution is 2.42. The predicted molar refractivity (Wildman–Crippen MR) is 131 cm³/mol. The second-order valence-corrected chi connectivity index (χ2v) is 8.97. The Morgan fingerprint density at radius 2 is 1.81 bits per heavy atom. The Labute approximate surface area is 187 Å². The Morgan fingerprint density at radius 1 is 1.10 bits per heavy atom. The number of aliphatic carboxylic acids is 1. The molecule has 0 saturated heterocycles. The summed E-state index contributed by atoms with van der Waals surface area (Å²) in [5.74, 6) is 0.0179. The quantitative estimate of drug-likeness (QED) is 0.260. The molecule has 0 saturated carbocycles. The molecule has 2 rings (SSSR count). The summed E-state index contributed by atoms with van der Waals surface area (Å²) in [5, 5.41) is 8.99. The molecule has 0 aliphatic heterocycles. The summed E-state index contributed by atoms with van der Waals surface area (Å²) >= 11 is 0.